The molecule has 3 aromatic heterocycles. The molecular formula is C24H36S3Si2. The molecule has 3 rings (SSSR count). The van der Waals surface area contributed by atoms with Crippen LogP contribution in [-0.2, 0) is 0 Å². The third-order valence-electron chi connectivity index (χ3n) is 7.55. The maximum absolute atomic E-state index is 2.63. The zero-order valence-corrected chi connectivity index (χ0v) is 23.4. The number of hydrogen-bond donors (Lipinski definition) is 0. The average molecular weight is 477 g/mol. The Kier molecular flexibility index (Phi) is 7.82. The second-order valence-electron chi connectivity index (χ2n) is 8.18. The Bertz CT molecular complexity index is 880. The first kappa shape index (κ1) is 23.2. The number of rotatable bonds is 10. The Labute approximate surface area is 192 Å². The SMILES string of the molecule is CC[Si](CC)(CC)c1csc(-c2ccc(-c3cccs3)s2)c1[Si](CC)(CC)CC. The van der Waals surface area contributed by atoms with Crippen LogP contribution in [0.2, 0.25) is 36.3 Å². The van der Waals surface area contributed by atoms with E-state index in [-0.39, 0.29) is 0 Å². The van der Waals surface area contributed by atoms with Gasteiger partial charge in [-0.2, -0.15) is 0 Å². The summed E-state index contributed by atoms with van der Waals surface area (Å²) in [5.74, 6) is 0. The van der Waals surface area contributed by atoms with Gasteiger partial charge in [-0.15, -0.1) is 34.0 Å². The number of thiophene rings is 3. The lowest BCUT2D eigenvalue weighted by Crippen LogP contribution is -2.61. The molecule has 0 aliphatic carbocycles. The summed E-state index contributed by atoms with van der Waals surface area (Å²) < 4.78 is 0. The molecule has 0 atom stereocenters. The van der Waals surface area contributed by atoms with E-state index < -0.39 is 16.1 Å². The quantitative estimate of drug-likeness (QED) is 0.257. The van der Waals surface area contributed by atoms with Gasteiger partial charge >= 0.3 is 0 Å². The molecule has 0 aromatic carbocycles. The topological polar surface area (TPSA) is 0 Å². The van der Waals surface area contributed by atoms with E-state index in [1.807, 2.05) is 33.0 Å². The van der Waals surface area contributed by atoms with Gasteiger partial charge in [0.2, 0.25) is 0 Å². The van der Waals surface area contributed by atoms with Gasteiger partial charge in [-0.25, -0.2) is 0 Å². The van der Waals surface area contributed by atoms with Gasteiger partial charge in [-0.1, -0.05) is 83.9 Å². The summed E-state index contributed by atoms with van der Waals surface area (Å²) in [5.41, 5.74) is 0. The summed E-state index contributed by atoms with van der Waals surface area (Å²) in [6, 6.07) is 17.5. The minimum atomic E-state index is -1.47. The first-order chi connectivity index (χ1) is 14.0. The Morgan fingerprint density at radius 3 is 1.76 bits per heavy atom. The van der Waals surface area contributed by atoms with E-state index >= 15 is 0 Å². The molecule has 0 saturated carbocycles. The summed E-state index contributed by atoms with van der Waals surface area (Å²) in [5, 5.41) is 8.55. The van der Waals surface area contributed by atoms with Crippen LogP contribution in [0.25, 0.3) is 19.5 Å². The van der Waals surface area contributed by atoms with Crippen molar-refractivity contribution in [3.63, 3.8) is 0 Å². The van der Waals surface area contributed by atoms with Crippen LogP contribution in [-0.4, -0.2) is 16.1 Å². The van der Waals surface area contributed by atoms with E-state index in [0.29, 0.717) is 0 Å². The average Bonchev–Trinajstić information content (AvgIpc) is 3.52. The van der Waals surface area contributed by atoms with Gasteiger partial charge in [0.15, 0.2) is 0 Å². The van der Waals surface area contributed by atoms with E-state index in [9.17, 15) is 0 Å². The molecule has 0 amide bonds. The Morgan fingerprint density at radius 2 is 1.24 bits per heavy atom. The van der Waals surface area contributed by atoms with Gasteiger partial charge in [0.05, 0.1) is 16.1 Å². The lowest BCUT2D eigenvalue weighted by Gasteiger charge is -2.36. The lowest BCUT2D eigenvalue weighted by atomic mass is 10.3. The van der Waals surface area contributed by atoms with E-state index in [1.165, 1.54) is 50.9 Å². The van der Waals surface area contributed by atoms with Crippen molar-refractivity contribution in [2.24, 2.45) is 0 Å². The molecule has 0 fully saturated rings. The summed E-state index contributed by atoms with van der Waals surface area (Å²) in [7, 11) is -2.88. The molecule has 0 aliphatic heterocycles. The highest BCUT2D eigenvalue weighted by atomic mass is 32.1. The summed E-state index contributed by atoms with van der Waals surface area (Å²) in [4.78, 5) is 5.98. The molecule has 5 heteroatoms. The second-order valence-corrected chi connectivity index (χ2v) is 21.5. The van der Waals surface area contributed by atoms with E-state index in [1.54, 1.807) is 4.88 Å². The van der Waals surface area contributed by atoms with Crippen LogP contribution in [0.1, 0.15) is 41.5 Å². The van der Waals surface area contributed by atoms with Crippen molar-refractivity contribution in [1.29, 1.82) is 0 Å². The zero-order valence-electron chi connectivity index (χ0n) is 18.9. The second kappa shape index (κ2) is 9.77. The third kappa shape index (κ3) is 4.06. The summed E-state index contributed by atoms with van der Waals surface area (Å²) >= 11 is 5.94. The van der Waals surface area contributed by atoms with E-state index in [4.69, 9.17) is 0 Å². The molecule has 3 aromatic rings. The van der Waals surface area contributed by atoms with Crippen LogP contribution in [0.15, 0.2) is 35.0 Å². The highest BCUT2D eigenvalue weighted by Crippen LogP contribution is 2.40. The largest absolute Gasteiger partial charge is 0.143 e. The zero-order chi connectivity index (χ0) is 21.1. The van der Waals surface area contributed by atoms with Crippen molar-refractivity contribution in [2.45, 2.75) is 77.8 Å². The van der Waals surface area contributed by atoms with Crippen LogP contribution >= 0.6 is 34.0 Å². The van der Waals surface area contributed by atoms with Gasteiger partial charge in [0.1, 0.15) is 0 Å². The Balaban J connectivity index is 2.23. The van der Waals surface area contributed by atoms with Crippen LogP contribution in [0.3, 0.4) is 0 Å². The van der Waals surface area contributed by atoms with Gasteiger partial charge in [-0.3, -0.25) is 0 Å². The monoisotopic (exact) mass is 476 g/mol. The highest BCUT2D eigenvalue weighted by Gasteiger charge is 2.41. The van der Waals surface area contributed by atoms with E-state index in [0.717, 1.165) is 0 Å². The van der Waals surface area contributed by atoms with Gasteiger partial charge in [-0.05, 0) is 39.3 Å². The van der Waals surface area contributed by atoms with Crippen LogP contribution < -0.4 is 10.4 Å². The first-order valence-corrected chi connectivity index (χ1v) is 19.1. The predicted octanol–water partition coefficient (Wildman–Crippen LogP) is 8.64. The minimum Gasteiger partial charge on any atom is -0.143 e. The van der Waals surface area contributed by atoms with Gasteiger partial charge < -0.3 is 0 Å². The van der Waals surface area contributed by atoms with Crippen molar-refractivity contribution in [2.75, 3.05) is 0 Å². The van der Waals surface area contributed by atoms with Crippen molar-refractivity contribution in [3.05, 3.63) is 35.0 Å². The number of hydrogen-bond acceptors (Lipinski definition) is 3. The van der Waals surface area contributed by atoms with Gasteiger partial charge in [0, 0.05) is 19.5 Å². The molecule has 29 heavy (non-hydrogen) atoms. The summed E-state index contributed by atoms with van der Waals surface area (Å²) in [6.45, 7) is 14.8. The summed E-state index contributed by atoms with van der Waals surface area (Å²) in [6.07, 6.45) is 0. The van der Waals surface area contributed by atoms with Crippen LogP contribution in [0.4, 0.5) is 0 Å². The normalized spacial score (nSPS) is 12.6. The molecule has 0 radical (unpaired) electrons. The molecule has 0 unspecified atom stereocenters. The molecule has 158 valence electrons. The first-order valence-electron chi connectivity index (χ1n) is 11.3. The van der Waals surface area contributed by atoms with Crippen molar-refractivity contribution >= 4 is 60.5 Å². The molecule has 3 heterocycles. The van der Waals surface area contributed by atoms with Crippen molar-refractivity contribution in [3.8, 4) is 19.5 Å². The fourth-order valence-corrected chi connectivity index (χ4v) is 18.9. The molecule has 0 bridgehead atoms. The van der Waals surface area contributed by atoms with Gasteiger partial charge in [0.25, 0.3) is 0 Å². The third-order valence-corrected chi connectivity index (χ3v) is 22.7. The van der Waals surface area contributed by atoms with Crippen LogP contribution in [0.5, 0.6) is 0 Å². The maximum atomic E-state index is 2.63. The molecule has 0 nitrogen and oxygen atoms in total. The Morgan fingerprint density at radius 1 is 0.655 bits per heavy atom. The fraction of sp³-hybridized carbons (Fsp3) is 0.500. The minimum absolute atomic E-state index is 1.38. The lowest BCUT2D eigenvalue weighted by molar-refractivity contribution is 1.18. The molecular weight excluding hydrogens is 441 g/mol. The predicted molar refractivity (Wildman–Crippen MR) is 145 cm³/mol. The van der Waals surface area contributed by atoms with Crippen molar-refractivity contribution < 1.29 is 0 Å². The van der Waals surface area contributed by atoms with Crippen LogP contribution in [0, 0.1) is 0 Å². The fourth-order valence-electron chi connectivity index (χ4n) is 5.07. The highest BCUT2D eigenvalue weighted by molar-refractivity contribution is 7.27. The maximum Gasteiger partial charge on any atom is 0.0877 e. The molecule has 0 saturated heterocycles. The molecule has 0 spiro atoms. The molecule has 0 N–H and O–H groups in total. The van der Waals surface area contributed by atoms with Crippen molar-refractivity contribution in [1.82, 2.24) is 0 Å². The standard InChI is InChI=1S/C24H36S3Si2/c1-7-28(8-2,9-3)22-18-26-23(24(22)29(10-4,11-5)12-6)21-16-15-20(27-21)19-14-13-17-25-19/h13-18H,7-12H2,1-6H3. The Hall–Kier alpha value is -0.466. The molecule has 0 aliphatic rings. The van der Waals surface area contributed by atoms with E-state index in [2.05, 4.69) is 87.9 Å². The smallest absolute Gasteiger partial charge is 0.0877 e.